The van der Waals surface area contributed by atoms with Crippen LogP contribution in [0.1, 0.15) is 20.3 Å². The van der Waals surface area contributed by atoms with Crippen LogP contribution in [0.3, 0.4) is 0 Å². The fourth-order valence-electron chi connectivity index (χ4n) is 2.93. The minimum absolute atomic E-state index is 0. The molecule has 2 atom stereocenters. The molecule has 2 aliphatic heterocycles. The molecule has 10 heteroatoms. The van der Waals surface area contributed by atoms with Gasteiger partial charge >= 0.3 is 0 Å². The smallest absolute Gasteiger partial charge is 0.282 e. The first-order valence-corrected chi connectivity index (χ1v) is 9.12. The molecule has 8 nitrogen and oxygen atoms in total. The third-order valence-electron chi connectivity index (χ3n) is 3.99. The Bertz CT molecular complexity index is 486. The lowest BCUT2D eigenvalue weighted by molar-refractivity contribution is -0.132. The predicted octanol–water partition coefficient (Wildman–Crippen LogP) is -0.745. The van der Waals surface area contributed by atoms with E-state index in [4.69, 9.17) is 10.5 Å². The number of ether oxygens (including phenoxy) is 1. The number of halogens is 1. The molecular formula is C13H27ClN4O4S. The van der Waals surface area contributed by atoms with E-state index in [1.165, 1.54) is 8.61 Å². The van der Waals surface area contributed by atoms with E-state index in [2.05, 4.69) is 0 Å². The molecule has 1 amide bonds. The number of hydrogen-bond acceptors (Lipinski definition) is 5. The minimum Gasteiger partial charge on any atom is -0.373 e. The standard InChI is InChI=1S/C13H26N4O4S.ClH/c1-11-9-17(10-12(2)21-11)22(19,20)16-7-5-15(6-8-16)13(18)3-4-14;/h11-12H,3-10,14H2,1-2H3;1H. The van der Waals surface area contributed by atoms with Crippen LogP contribution in [0.2, 0.25) is 0 Å². The first-order valence-electron chi connectivity index (χ1n) is 7.73. The zero-order valence-corrected chi connectivity index (χ0v) is 15.3. The SMILES string of the molecule is CC1CN(S(=O)(=O)N2CCN(C(=O)CCN)CC2)CC(C)O1.Cl. The van der Waals surface area contributed by atoms with Crippen LogP contribution >= 0.6 is 12.4 Å². The molecule has 2 fully saturated rings. The van der Waals surface area contributed by atoms with E-state index in [9.17, 15) is 13.2 Å². The number of nitrogens with zero attached hydrogens (tertiary/aromatic N) is 3. The molecule has 0 radical (unpaired) electrons. The minimum atomic E-state index is -3.49. The van der Waals surface area contributed by atoms with Crippen molar-refractivity contribution in [3.8, 4) is 0 Å². The van der Waals surface area contributed by atoms with Gasteiger partial charge in [-0.25, -0.2) is 0 Å². The number of carbonyl (C=O) groups is 1. The molecule has 0 bridgehead atoms. The molecule has 0 spiro atoms. The molecule has 2 saturated heterocycles. The topological polar surface area (TPSA) is 96.2 Å². The van der Waals surface area contributed by atoms with E-state index in [0.717, 1.165) is 0 Å². The number of piperazine rings is 1. The van der Waals surface area contributed by atoms with Crippen molar-refractivity contribution in [3.05, 3.63) is 0 Å². The number of morpholine rings is 1. The molecule has 2 unspecified atom stereocenters. The van der Waals surface area contributed by atoms with E-state index < -0.39 is 10.2 Å². The summed E-state index contributed by atoms with van der Waals surface area (Å²) in [7, 11) is -3.49. The van der Waals surface area contributed by atoms with Gasteiger partial charge in [-0.1, -0.05) is 0 Å². The van der Waals surface area contributed by atoms with Crippen molar-refractivity contribution in [2.75, 3.05) is 45.8 Å². The number of amides is 1. The third kappa shape index (κ3) is 5.01. The Morgan fingerprint density at radius 1 is 1.09 bits per heavy atom. The molecule has 0 aliphatic carbocycles. The van der Waals surface area contributed by atoms with Gasteiger partial charge in [0.1, 0.15) is 0 Å². The predicted molar refractivity (Wildman–Crippen MR) is 89.6 cm³/mol. The van der Waals surface area contributed by atoms with E-state index >= 15 is 0 Å². The zero-order chi connectivity index (χ0) is 16.3. The zero-order valence-electron chi connectivity index (χ0n) is 13.7. The fourth-order valence-corrected chi connectivity index (χ4v) is 4.68. The molecule has 136 valence electrons. The normalized spacial score (nSPS) is 27.5. The van der Waals surface area contributed by atoms with Crippen molar-refractivity contribution in [1.29, 1.82) is 0 Å². The highest BCUT2D eigenvalue weighted by molar-refractivity contribution is 7.86. The molecule has 0 aromatic heterocycles. The van der Waals surface area contributed by atoms with Gasteiger partial charge in [0.05, 0.1) is 12.2 Å². The first kappa shape index (κ1) is 20.6. The van der Waals surface area contributed by atoms with Crippen LogP contribution < -0.4 is 5.73 Å². The van der Waals surface area contributed by atoms with Gasteiger partial charge in [0.25, 0.3) is 10.2 Å². The highest BCUT2D eigenvalue weighted by Crippen LogP contribution is 2.19. The number of rotatable bonds is 4. The fraction of sp³-hybridized carbons (Fsp3) is 0.923. The quantitative estimate of drug-likeness (QED) is 0.702. The molecule has 2 N–H and O–H groups in total. The third-order valence-corrected chi connectivity index (χ3v) is 5.96. The van der Waals surface area contributed by atoms with Crippen LogP contribution in [0, 0.1) is 0 Å². The van der Waals surface area contributed by atoms with Crippen LogP contribution in [-0.4, -0.2) is 85.9 Å². The summed E-state index contributed by atoms with van der Waals surface area (Å²) in [6, 6.07) is 0. The number of hydrogen-bond donors (Lipinski definition) is 1. The van der Waals surface area contributed by atoms with Gasteiger partial charge in [-0.05, 0) is 13.8 Å². The molecule has 23 heavy (non-hydrogen) atoms. The summed E-state index contributed by atoms with van der Waals surface area (Å²) in [6.45, 7) is 6.33. The van der Waals surface area contributed by atoms with Crippen molar-refractivity contribution >= 4 is 28.5 Å². The maximum Gasteiger partial charge on any atom is 0.282 e. The highest BCUT2D eigenvalue weighted by atomic mass is 35.5. The Balaban J connectivity index is 0.00000264. The van der Waals surface area contributed by atoms with E-state index in [-0.39, 0.29) is 30.5 Å². The van der Waals surface area contributed by atoms with Crippen LogP contribution in [0.15, 0.2) is 0 Å². The Morgan fingerprint density at radius 3 is 2.09 bits per heavy atom. The second kappa shape index (κ2) is 8.59. The maximum absolute atomic E-state index is 12.7. The lowest BCUT2D eigenvalue weighted by Crippen LogP contribution is -2.57. The monoisotopic (exact) mass is 370 g/mol. The highest BCUT2D eigenvalue weighted by Gasteiger charge is 2.37. The summed E-state index contributed by atoms with van der Waals surface area (Å²) < 4.78 is 34.0. The van der Waals surface area contributed by atoms with Crippen LogP contribution in [0.4, 0.5) is 0 Å². The van der Waals surface area contributed by atoms with Crippen LogP contribution in [-0.2, 0) is 19.7 Å². The Morgan fingerprint density at radius 2 is 1.61 bits per heavy atom. The molecule has 0 saturated carbocycles. The van der Waals surface area contributed by atoms with E-state index in [1.807, 2.05) is 13.8 Å². The largest absolute Gasteiger partial charge is 0.373 e. The van der Waals surface area contributed by atoms with Crippen LogP contribution in [0.5, 0.6) is 0 Å². The van der Waals surface area contributed by atoms with Crippen molar-refractivity contribution in [2.45, 2.75) is 32.5 Å². The summed E-state index contributed by atoms with van der Waals surface area (Å²) in [5.74, 6) is -0.00633. The summed E-state index contributed by atoms with van der Waals surface area (Å²) in [5, 5.41) is 0. The number of nitrogens with two attached hydrogens (primary N) is 1. The molecule has 2 heterocycles. The van der Waals surface area contributed by atoms with Gasteiger partial charge in [-0.15, -0.1) is 12.4 Å². The lowest BCUT2D eigenvalue weighted by atomic mass is 10.3. The Kier molecular flexibility index (Phi) is 7.69. The molecule has 2 aliphatic rings. The van der Waals surface area contributed by atoms with Crippen molar-refractivity contribution < 1.29 is 17.9 Å². The molecule has 0 aromatic carbocycles. The van der Waals surface area contributed by atoms with Gasteiger partial charge < -0.3 is 15.4 Å². The average Bonchev–Trinajstić information content (AvgIpc) is 2.46. The summed E-state index contributed by atoms with van der Waals surface area (Å²) in [4.78, 5) is 13.5. The summed E-state index contributed by atoms with van der Waals surface area (Å²) in [6.07, 6.45) is 0.0995. The molecular weight excluding hydrogens is 344 g/mol. The lowest BCUT2D eigenvalue weighted by Gasteiger charge is -2.40. The first-order chi connectivity index (χ1) is 10.3. The van der Waals surface area contributed by atoms with Crippen molar-refractivity contribution in [1.82, 2.24) is 13.5 Å². The van der Waals surface area contributed by atoms with Gasteiger partial charge in [0, 0.05) is 52.2 Å². The molecule has 0 aromatic rings. The van der Waals surface area contributed by atoms with Gasteiger partial charge in [0.2, 0.25) is 5.91 Å². The molecule has 2 rings (SSSR count). The van der Waals surface area contributed by atoms with E-state index in [1.54, 1.807) is 4.90 Å². The summed E-state index contributed by atoms with van der Waals surface area (Å²) >= 11 is 0. The maximum atomic E-state index is 12.7. The van der Waals surface area contributed by atoms with Gasteiger partial charge in [-0.3, -0.25) is 4.79 Å². The van der Waals surface area contributed by atoms with Crippen molar-refractivity contribution in [2.24, 2.45) is 5.73 Å². The van der Waals surface area contributed by atoms with Gasteiger partial charge in [0.15, 0.2) is 0 Å². The Hall–Kier alpha value is -0.450. The average molecular weight is 371 g/mol. The van der Waals surface area contributed by atoms with Crippen molar-refractivity contribution in [3.63, 3.8) is 0 Å². The Labute approximate surface area is 144 Å². The second-order valence-corrected chi connectivity index (χ2v) is 7.83. The number of carbonyl (C=O) groups excluding carboxylic acids is 1. The second-order valence-electron chi connectivity index (χ2n) is 5.90. The van der Waals surface area contributed by atoms with Crippen LogP contribution in [0.25, 0.3) is 0 Å². The van der Waals surface area contributed by atoms with E-state index in [0.29, 0.717) is 52.2 Å². The summed E-state index contributed by atoms with van der Waals surface area (Å²) in [5.41, 5.74) is 5.38. The van der Waals surface area contributed by atoms with Gasteiger partial charge in [-0.2, -0.15) is 17.0 Å².